The molecule has 0 saturated heterocycles. The highest BCUT2D eigenvalue weighted by molar-refractivity contribution is 7.57. The Morgan fingerprint density at radius 3 is 3.00 bits per heavy atom. The Morgan fingerprint density at radius 1 is 1.57 bits per heavy atom. The van der Waals surface area contributed by atoms with Gasteiger partial charge in [-0.3, -0.25) is 0 Å². The number of carboxylic acids is 1. The second-order valence-electron chi connectivity index (χ2n) is 2.85. The molecule has 0 spiro atoms. The van der Waals surface area contributed by atoms with Crippen LogP contribution in [-0.2, 0) is 18.4 Å². The number of nitrogens with zero attached hydrogens (tertiary/aromatic N) is 1. The normalized spacial score (nSPS) is 10.6. The van der Waals surface area contributed by atoms with Crippen molar-refractivity contribution in [3.8, 4) is 0 Å². The Balaban J connectivity index is 2.59. The number of benzene rings is 1. The van der Waals surface area contributed by atoms with Crippen LogP contribution < -0.4 is 5.11 Å². The molecule has 72 valence electrons. The van der Waals surface area contributed by atoms with Gasteiger partial charge in [0.2, 0.25) is 0 Å². The molecule has 1 aromatic heterocycles. The average Bonchev–Trinajstić information content (AvgIpc) is 2.58. The maximum absolute atomic E-state index is 10.6. The van der Waals surface area contributed by atoms with Crippen molar-refractivity contribution in [2.45, 2.75) is 5.75 Å². The van der Waals surface area contributed by atoms with Crippen LogP contribution in [0.3, 0.4) is 0 Å². The summed E-state index contributed by atoms with van der Waals surface area (Å²) < 4.78 is 0. The first-order chi connectivity index (χ1) is 6.70. The Labute approximate surface area is 85.4 Å². The molecule has 1 aromatic carbocycles. The number of carbonyl (C=O) groups excluding carboxylic acids is 1. The monoisotopic (exact) mass is 206 g/mol. The molecular formula is C9H6N2O2S-2. The van der Waals surface area contributed by atoms with Crippen molar-refractivity contribution in [2.75, 3.05) is 0 Å². The van der Waals surface area contributed by atoms with E-state index >= 15 is 0 Å². The number of aromatic nitrogens is 2. The topological polar surface area (TPSA) is 68.8 Å². The van der Waals surface area contributed by atoms with E-state index < -0.39 is 5.97 Å². The molecule has 2 aromatic rings. The number of hydrogen-bond acceptors (Lipinski definition) is 4. The first-order valence-electron chi connectivity index (χ1n) is 3.99. The van der Waals surface area contributed by atoms with E-state index in [4.69, 9.17) is 12.6 Å². The molecule has 0 aliphatic heterocycles. The molecule has 2 rings (SSSR count). The van der Waals surface area contributed by atoms with Gasteiger partial charge in [0.15, 0.2) is 0 Å². The fourth-order valence-electron chi connectivity index (χ4n) is 1.26. The molecule has 1 N–H and O–H groups in total. The highest BCUT2D eigenvalue weighted by atomic mass is 32.1. The van der Waals surface area contributed by atoms with Gasteiger partial charge in [0.25, 0.3) is 0 Å². The minimum Gasteiger partial charge on any atom is -0.785 e. The quantitative estimate of drug-likeness (QED) is 0.701. The second-order valence-corrected chi connectivity index (χ2v) is 3.14. The third-order valence-corrected chi connectivity index (χ3v) is 2.18. The second kappa shape index (κ2) is 3.34. The van der Waals surface area contributed by atoms with Crippen LogP contribution in [0.1, 0.15) is 16.2 Å². The molecule has 0 unspecified atom stereocenters. The zero-order chi connectivity index (χ0) is 10.1. The summed E-state index contributed by atoms with van der Waals surface area (Å²) in [4.78, 5) is 17.6. The molecule has 14 heavy (non-hydrogen) atoms. The Kier molecular flexibility index (Phi) is 2.17. The summed E-state index contributed by atoms with van der Waals surface area (Å²) in [5.41, 5.74) is 1.53. The number of carbonyl (C=O) groups is 1. The van der Waals surface area contributed by atoms with Crippen molar-refractivity contribution in [3.63, 3.8) is 0 Å². The number of fused-ring (bicyclic) bond motifs is 1. The molecule has 0 atom stereocenters. The lowest BCUT2D eigenvalue weighted by Gasteiger charge is -2.00. The molecule has 0 bridgehead atoms. The smallest absolute Gasteiger partial charge is 0.0885 e. The van der Waals surface area contributed by atoms with Gasteiger partial charge in [-0.1, -0.05) is 6.07 Å². The largest absolute Gasteiger partial charge is 0.785 e. The zero-order valence-corrected chi connectivity index (χ0v) is 7.93. The van der Waals surface area contributed by atoms with E-state index in [-0.39, 0.29) is 5.56 Å². The van der Waals surface area contributed by atoms with E-state index in [2.05, 4.69) is 9.97 Å². The van der Waals surface area contributed by atoms with Crippen LogP contribution in [-0.4, -0.2) is 15.9 Å². The van der Waals surface area contributed by atoms with Gasteiger partial charge in [-0.25, -0.2) is 4.98 Å². The van der Waals surface area contributed by atoms with E-state index in [0.717, 1.165) is 5.52 Å². The minimum atomic E-state index is -1.19. The Bertz CT molecular complexity index is 493. The molecule has 0 saturated carbocycles. The van der Waals surface area contributed by atoms with Crippen molar-refractivity contribution in [1.82, 2.24) is 9.97 Å². The maximum atomic E-state index is 10.6. The van der Waals surface area contributed by atoms with E-state index in [9.17, 15) is 9.90 Å². The Hall–Kier alpha value is -1.49. The highest BCUT2D eigenvalue weighted by Gasteiger charge is 2.00. The maximum Gasteiger partial charge on any atom is 0.0885 e. The molecule has 5 heteroatoms. The molecule has 1 heterocycles. The van der Waals surface area contributed by atoms with E-state index in [0.29, 0.717) is 17.1 Å². The van der Waals surface area contributed by atoms with E-state index in [1.165, 1.54) is 12.1 Å². The molecule has 0 amide bonds. The fourth-order valence-corrected chi connectivity index (χ4v) is 1.39. The summed E-state index contributed by atoms with van der Waals surface area (Å²) in [6.45, 7) is 0. The third kappa shape index (κ3) is 1.46. The predicted octanol–water partition coefficient (Wildman–Crippen LogP) is -0.0267. The highest BCUT2D eigenvalue weighted by Crippen LogP contribution is 2.13. The van der Waals surface area contributed by atoms with Crippen LogP contribution >= 0.6 is 0 Å². The average molecular weight is 206 g/mol. The number of nitrogens with one attached hydrogen (secondary N) is 1. The molecule has 0 fully saturated rings. The summed E-state index contributed by atoms with van der Waals surface area (Å²) in [6.07, 6.45) is 0. The summed E-state index contributed by atoms with van der Waals surface area (Å²) in [5, 5.41) is 10.6. The number of aromatic carboxylic acids is 1. The van der Waals surface area contributed by atoms with Gasteiger partial charge >= 0.3 is 0 Å². The summed E-state index contributed by atoms with van der Waals surface area (Å²) in [7, 11) is 0. The molecule has 4 nitrogen and oxygen atoms in total. The summed E-state index contributed by atoms with van der Waals surface area (Å²) >= 11 is 4.82. The van der Waals surface area contributed by atoms with Crippen LogP contribution in [0.5, 0.6) is 0 Å². The minimum absolute atomic E-state index is 0.136. The lowest BCUT2D eigenvalue weighted by atomic mass is 10.2. The SMILES string of the molecule is O=C([O-])c1ccc2nc(C[S-])[nH]c2c1. The first-order valence-corrected chi connectivity index (χ1v) is 4.56. The van der Waals surface area contributed by atoms with E-state index in [1.54, 1.807) is 6.07 Å². The number of imidazole rings is 1. The van der Waals surface area contributed by atoms with Crippen molar-refractivity contribution in [1.29, 1.82) is 0 Å². The van der Waals surface area contributed by atoms with Crippen molar-refractivity contribution < 1.29 is 9.90 Å². The predicted molar refractivity (Wildman–Crippen MR) is 51.5 cm³/mol. The van der Waals surface area contributed by atoms with Gasteiger partial charge in [-0.2, -0.15) is 0 Å². The standard InChI is InChI=1S/C9H8N2O2S/c12-9(13)5-1-2-6-7(3-5)11-8(4-14)10-6/h1-3,14H,4H2,(H,10,11)(H,12,13)/p-2. The van der Waals surface area contributed by atoms with Crippen molar-refractivity contribution in [2.24, 2.45) is 0 Å². The number of H-pyrrole nitrogens is 1. The summed E-state index contributed by atoms with van der Waals surface area (Å²) in [6, 6.07) is 4.59. The van der Waals surface area contributed by atoms with Gasteiger partial charge < -0.3 is 27.5 Å². The fraction of sp³-hybridized carbons (Fsp3) is 0.111. The van der Waals surface area contributed by atoms with Gasteiger partial charge in [0.1, 0.15) is 0 Å². The van der Waals surface area contributed by atoms with Crippen molar-refractivity contribution >= 4 is 29.6 Å². The first kappa shape index (κ1) is 9.08. The Morgan fingerprint density at radius 2 is 2.36 bits per heavy atom. The van der Waals surface area contributed by atoms with Gasteiger partial charge in [0, 0.05) is 0 Å². The number of aromatic amines is 1. The van der Waals surface area contributed by atoms with Crippen LogP contribution in [0.15, 0.2) is 18.2 Å². The molecular weight excluding hydrogens is 200 g/mol. The lowest BCUT2D eigenvalue weighted by Crippen LogP contribution is -2.21. The number of hydrogen-bond donors (Lipinski definition) is 1. The number of carboxylic acid groups (broad SMARTS) is 1. The lowest BCUT2D eigenvalue weighted by molar-refractivity contribution is -0.255. The molecule has 0 aliphatic carbocycles. The van der Waals surface area contributed by atoms with Crippen LogP contribution in [0, 0.1) is 0 Å². The zero-order valence-electron chi connectivity index (χ0n) is 7.11. The van der Waals surface area contributed by atoms with Crippen LogP contribution in [0.4, 0.5) is 0 Å². The molecule has 0 aliphatic rings. The molecule has 0 radical (unpaired) electrons. The van der Waals surface area contributed by atoms with Gasteiger partial charge in [0.05, 0.1) is 22.8 Å². The van der Waals surface area contributed by atoms with Crippen LogP contribution in [0.2, 0.25) is 0 Å². The van der Waals surface area contributed by atoms with E-state index in [1.807, 2.05) is 0 Å². The van der Waals surface area contributed by atoms with Gasteiger partial charge in [-0.15, -0.1) is 5.75 Å². The summed E-state index contributed by atoms with van der Waals surface area (Å²) in [5.74, 6) is -0.137. The van der Waals surface area contributed by atoms with Crippen molar-refractivity contribution in [3.05, 3.63) is 29.6 Å². The van der Waals surface area contributed by atoms with Gasteiger partial charge in [-0.05, 0) is 17.7 Å². The van der Waals surface area contributed by atoms with Crippen LogP contribution in [0.25, 0.3) is 11.0 Å². The third-order valence-electron chi connectivity index (χ3n) is 1.90. The number of rotatable bonds is 2.